The largest absolute Gasteiger partial charge is 0.417 e. The van der Waals surface area contributed by atoms with Crippen LogP contribution in [-0.2, 0) is 12.6 Å². The lowest BCUT2D eigenvalue weighted by atomic mass is 9.98. The maximum absolute atomic E-state index is 13.0. The van der Waals surface area contributed by atoms with Gasteiger partial charge in [-0.15, -0.1) is 0 Å². The molecule has 0 aliphatic heterocycles. The maximum Gasteiger partial charge on any atom is 0.417 e. The van der Waals surface area contributed by atoms with Crippen LogP contribution >= 0.6 is 27.5 Å². The maximum atomic E-state index is 13.0. The van der Waals surface area contributed by atoms with Gasteiger partial charge in [0.1, 0.15) is 0 Å². The van der Waals surface area contributed by atoms with Crippen molar-refractivity contribution in [1.29, 1.82) is 0 Å². The third-order valence-corrected chi connectivity index (χ3v) is 3.63. The minimum atomic E-state index is -4.60. The second-order valence-corrected chi connectivity index (χ2v) is 5.58. The lowest BCUT2D eigenvalue weighted by Crippen LogP contribution is -2.14. The number of halogens is 5. The normalized spacial score (nSPS) is 11.5. The van der Waals surface area contributed by atoms with Crippen molar-refractivity contribution in [1.82, 2.24) is 4.98 Å². The Morgan fingerprint density at radius 1 is 1.29 bits per heavy atom. The Morgan fingerprint density at radius 2 is 2.00 bits per heavy atom. The molecular formula is C14H8BrClF3NO. The van der Waals surface area contributed by atoms with Crippen LogP contribution < -0.4 is 0 Å². The van der Waals surface area contributed by atoms with E-state index in [9.17, 15) is 18.0 Å². The first-order chi connectivity index (χ1) is 9.79. The first-order valence-corrected chi connectivity index (χ1v) is 6.94. The number of Topliss-reactive ketones (excluding diaryl/α,β-unsaturated/α-hetero) is 1. The zero-order valence-electron chi connectivity index (χ0n) is 10.4. The SMILES string of the molecule is O=C(Cc1ccncc1Cl)c1ccc(Br)cc1C(F)(F)F. The van der Waals surface area contributed by atoms with E-state index in [2.05, 4.69) is 20.9 Å². The number of carbonyl (C=O) groups excluding carboxylic acids is 1. The topological polar surface area (TPSA) is 30.0 Å². The van der Waals surface area contributed by atoms with Gasteiger partial charge in [-0.25, -0.2) is 0 Å². The summed E-state index contributed by atoms with van der Waals surface area (Å²) in [5.74, 6) is -0.650. The van der Waals surface area contributed by atoms with Crippen LogP contribution in [0, 0.1) is 0 Å². The second kappa shape index (κ2) is 6.15. The summed E-state index contributed by atoms with van der Waals surface area (Å²) in [7, 11) is 0. The molecule has 0 amide bonds. The van der Waals surface area contributed by atoms with Crippen LogP contribution in [0.5, 0.6) is 0 Å². The van der Waals surface area contributed by atoms with Gasteiger partial charge in [-0.2, -0.15) is 13.2 Å². The summed E-state index contributed by atoms with van der Waals surface area (Å²) >= 11 is 8.84. The molecule has 0 N–H and O–H groups in total. The lowest BCUT2D eigenvalue weighted by Gasteiger charge is -2.13. The van der Waals surface area contributed by atoms with E-state index in [4.69, 9.17) is 11.6 Å². The number of benzene rings is 1. The number of hydrogen-bond acceptors (Lipinski definition) is 2. The van der Waals surface area contributed by atoms with Gasteiger partial charge in [0.15, 0.2) is 5.78 Å². The van der Waals surface area contributed by atoms with Crippen LogP contribution in [0.1, 0.15) is 21.5 Å². The summed E-state index contributed by atoms with van der Waals surface area (Å²) in [5.41, 5.74) is -0.904. The molecule has 0 atom stereocenters. The number of rotatable bonds is 3. The molecule has 7 heteroatoms. The van der Waals surface area contributed by atoms with Gasteiger partial charge in [0.25, 0.3) is 0 Å². The minimum absolute atomic E-state index is 0.216. The molecule has 0 bridgehead atoms. The molecule has 0 saturated carbocycles. The monoisotopic (exact) mass is 377 g/mol. The fourth-order valence-corrected chi connectivity index (χ4v) is 2.36. The van der Waals surface area contributed by atoms with Crippen molar-refractivity contribution in [3.63, 3.8) is 0 Å². The fourth-order valence-electron chi connectivity index (χ4n) is 1.81. The molecule has 0 radical (unpaired) electrons. The van der Waals surface area contributed by atoms with Gasteiger partial charge >= 0.3 is 6.18 Å². The lowest BCUT2D eigenvalue weighted by molar-refractivity contribution is -0.138. The second-order valence-electron chi connectivity index (χ2n) is 4.25. The number of carbonyl (C=O) groups is 1. The summed E-state index contributed by atoms with van der Waals surface area (Å²) < 4.78 is 39.3. The van der Waals surface area contributed by atoms with Gasteiger partial charge in [0, 0.05) is 28.9 Å². The van der Waals surface area contributed by atoms with Gasteiger partial charge in [0.05, 0.1) is 10.6 Å². The minimum Gasteiger partial charge on any atom is -0.294 e. The highest BCUT2D eigenvalue weighted by atomic mass is 79.9. The van der Waals surface area contributed by atoms with Gasteiger partial charge in [-0.3, -0.25) is 9.78 Å². The number of ketones is 1. The van der Waals surface area contributed by atoms with Crippen molar-refractivity contribution in [2.24, 2.45) is 0 Å². The Kier molecular flexibility index (Phi) is 4.68. The first-order valence-electron chi connectivity index (χ1n) is 5.77. The van der Waals surface area contributed by atoms with Crippen LogP contribution in [0.2, 0.25) is 5.02 Å². The van der Waals surface area contributed by atoms with E-state index in [1.807, 2.05) is 0 Å². The molecule has 2 nitrogen and oxygen atoms in total. The highest BCUT2D eigenvalue weighted by molar-refractivity contribution is 9.10. The summed E-state index contributed by atoms with van der Waals surface area (Å²) in [4.78, 5) is 15.9. The molecule has 2 aromatic rings. The molecule has 0 saturated heterocycles. The summed E-state index contributed by atoms with van der Waals surface area (Å²) in [6, 6.07) is 4.95. The average Bonchev–Trinajstić information content (AvgIpc) is 2.40. The number of nitrogens with zero attached hydrogens (tertiary/aromatic N) is 1. The molecular weight excluding hydrogens is 371 g/mol. The van der Waals surface area contributed by atoms with E-state index < -0.39 is 17.5 Å². The molecule has 0 spiro atoms. The van der Waals surface area contributed by atoms with Crippen LogP contribution in [0.3, 0.4) is 0 Å². The van der Waals surface area contributed by atoms with Gasteiger partial charge in [0.2, 0.25) is 0 Å². The van der Waals surface area contributed by atoms with E-state index in [1.54, 1.807) is 0 Å². The molecule has 0 aliphatic carbocycles. The van der Waals surface area contributed by atoms with Crippen molar-refractivity contribution in [2.45, 2.75) is 12.6 Å². The van der Waals surface area contributed by atoms with Crippen LogP contribution in [-0.4, -0.2) is 10.8 Å². The predicted octanol–water partition coefficient (Wildman–Crippen LogP) is 4.94. The van der Waals surface area contributed by atoms with Crippen molar-refractivity contribution in [3.05, 3.63) is 62.8 Å². The Balaban J connectivity index is 2.38. The van der Waals surface area contributed by atoms with Crippen LogP contribution in [0.15, 0.2) is 41.1 Å². The van der Waals surface area contributed by atoms with E-state index in [1.165, 1.54) is 24.5 Å². The van der Waals surface area contributed by atoms with E-state index in [0.717, 1.165) is 12.1 Å². The molecule has 1 aromatic heterocycles. The molecule has 2 rings (SSSR count). The fraction of sp³-hybridized carbons (Fsp3) is 0.143. The van der Waals surface area contributed by atoms with Crippen LogP contribution in [0.4, 0.5) is 13.2 Å². The molecule has 1 heterocycles. The van der Waals surface area contributed by atoms with Crippen molar-refractivity contribution in [2.75, 3.05) is 0 Å². The molecule has 1 aromatic carbocycles. The third-order valence-electron chi connectivity index (χ3n) is 2.79. The summed E-state index contributed by atoms with van der Waals surface area (Å²) in [5, 5.41) is 0.247. The quantitative estimate of drug-likeness (QED) is 0.708. The number of alkyl halides is 3. The van der Waals surface area contributed by atoms with Gasteiger partial charge < -0.3 is 0 Å². The average molecular weight is 379 g/mol. The van der Waals surface area contributed by atoms with E-state index in [0.29, 0.717) is 5.56 Å². The zero-order valence-corrected chi connectivity index (χ0v) is 12.8. The first kappa shape index (κ1) is 16.0. The standard InChI is InChI=1S/C14H8BrClF3NO/c15-9-1-2-10(11(6-9)14(17,18)19)13(21)5-8-3-4-20-7-12(8)16/h1-4,6-7H,5H2. The summed E-state index contributed by atoms with van der Waals surface area (Å²) in [6.45, 7) is 0. The third kappa shape index (κ3) is 3.83. The number of aromatic nitrogens is 1. The van der Waals surface area contributed by atoms with E-state index in [-0.39, 0.29) is 21.5 Å². The Bertz CT molecular complexity index is 688. The number of pyridine rings is 1. The molecule has 0 unspecified atom stereocenters. The van der Waals surface area contributed by atoms with Crippen molar-refractivity contribution in [3.8, 4) is 0 Å². The Hall–Kier alpha value is -1.40. The highest BCUT2D eigenvalue weighted by Crippen LogP contribution is 2.34. The van der Waals surface area contributed by atoms with Crippen LogP contribution in [0.25, 0.3) is 0 Å². The summed E-state index contributed by atoms with van der Waals surface area (Å²) in [6.07, 6.45) is -2.04. The zero-order chi connectivity index (χ0) is 15.6. The van der Waals surface area contributed by atoms with Crippen molar-refractivity contribution < 1.29 is 18.0 Å². The van der Waals surface area contributed by atoms with Gasteiger partial charge in [-0.1, -0.05) is 27.5 Å². The molecule has 21 heavy (non-hydrogen) atoms. The van der Waals surface area contributed by atoms with Gasteiger partial charge in [-0.05, 0) is 29.8 Å². The highest BCUT2D eigenvalue weighted by Gasteiger charge is 2.35. The van der Waals surface area contributed by atoms with Crippen molar-refractivity contribution >= 4 is 33.3 Å². The Morgan fingerprint density at radius 3 is 2.62 bits per heavy atom. The number of hydrogen-bond donors (Lipinski definition) is 0. The predicted molar refractivity (Wildman–Crippen MR) is 76.4 cm³/mol. The smallest absolute Gasteiger partial charge is 0.294 e. The molecule has 0 aliphatic rings. The Labute approximate surface area is 132 Å². The molecule has 110 valence electrons. The molecule has 0 fully saturated rings. The van der Waals surface area contributed by atoms with E-state index >= 15 is 0 Å².